The number of halogens is 1. The van der Waals surface area contributed by atoms with Gasteiger partial charge in [0.1, 0.15) is 23.7 Å². The number of anilines is 2. The van der Waals surface area contributed by atoms with Crippen LogP contribution in [0.2, 0.25) is 0 Å². The number of aromatic nitrogens is 4. The smallest absolute Gasteiger partial charge is 0.224 e. The Bertz CT molecular complexity index is 1140. The van der Waals surface area contributed by atoms with E-state index in [9.17, 15) is 5.11 Å². The normalized spacial score (nSPS) is 24.8. The molecule has 3 aromatic rings. The number of nitrogens with two attached hydrogens (primary N) is 1. The second kappa shape index (κ2) is 8.96. The van der Waals surface area contributed by atoms with Crippen LogP contribution in [0.25, 0.3) is 11.2 Å². The number of imidazole rings is 1. The molecule has 2 aromatic heterocycles. The molecule has 1 aromatic carbocycles. The van der Waals surface area contributed by atoms with Crippen molar-refractivity contribution >= 4 is 22.9 Å². The third kappa shape index (κ3) is 4.01. The maximum atomic E-state index is 16.2. The zero-order chi connectivity index (χ0) is 23.8. The molecule has 1 aliphatic heterocycles. The van der Waals surface area contributed by atoms with Crippen molar-refractivity contribution in [3.05, 3.63) is 30.1 Å². The lowest BCUT2D eigenvalue weighted by molar-refractivity contribution is -0.0679. The van der Waals surface area contributed by atoms with Gasteiger partial charge >= 0.3 is 0 Å². The largest absolute Gasteiger partial charge is 0.497 e. The van der Waals surface area contributed by atoms with Crippen molar-refractivity contribution in [3.8, 4) is 11.5 Å². The molecule has 0 radical (unpaired) electrons. The fraction of sp³-hybridized carbons (Fsp3) is 0.476. The van der Waals surface area contributed by atoms with Gasteiger partial charge in [-0.1, -0.05) is 0 Å². The number of fused-ring (bicyclic) bond motifs is 1. The Balaban J connectivity index is 1.63. The molecule has 178 valence electrons. The highest BCUT2D eigenvalue weighted by Gasteiger charge is 2.56. The van der Waals surface area contributed by atoms with Crippen molar-refractivity contribution in [3.63, 3.8) is 0 Å². The quantitative estimate of drug-likeness (QED) is 0.453. The number of nitrogen functional groups attached to an aromatic ring is 1. The standard InChI is InChI=1S/C21H27FN6O5/c1-21(22)16(32-9-11-5-6-12(30-3)7-13(11)31-4)14(8-29)33-19(21)28-10-25-15-17(24-2)26-20(23)27-18(15)28/h5-7,10,14,16,19,29H,8-9H2,1-4H3,(H3,23,24,26,27)/t14-,16-,19-,21-/m1/s1. The maximum absolute atomic E-state index is 16.2. The molecule has 0 amide bonds. The van der Waals surface area contributed by atoms with Crippen molar-refractivity contribution in [1.82, 2.24) is 19.5 Å². The highest BCUT2D eigenvalue weighted by Crippen LogP contribution is 2.44. The van der Waals surface area contributed by atoms with E-state index in [-0.39, 0.29) is 12.6 Å². The summed E-state index contributed by atoms with van der Waals surface area (Å²) in [5.74, 6) is 1.58. The number of aliphatic hydroxyl groups is 1. The number of nitrogens with one attached hydrogen (secondary N) is 1. The average Bonchev–Trinajstić information content (AvgIpc) is 3.33. The van der Waals surface area contributed by atoms with E-state index in [1.165, 1.54) is 24.9 Å². The fourth-order valence-electron chi connectivity index (χ4n) is 4.05. The SMILES string of the molecule is CNc1nc(N)nc2c1ncn2[C@@H]1O[C@H](CO)[C@@H](OCc2ccc(OC)cc2OC)[C@@]1(C)F. The average molecular weight is 462 g/mol. The lowest BCUT2D eigenvalue weighted by Gasteiger charge is -2.28. The molecular formula is C21H27FN6O5. The van der Waals surface area contributed by atoms with Crippen LogP contribution in [0.3, 0.4) is 0 Å². The molecule has 33 heavy (non-hydrogen) atoms. The summed E-state index contributed by atoms with van der Waals surface area (Å²) in [5, 5.41) is 12.8. The predicted octanol–water partition coefficient (Wildman–Crippen LogP) is 1.67. The summed E-state index contributed by atoms with van der Waals surface area (Å²) in [4.78, 5) is 12.6. The van der Waals surface area contributed by atoms with Gasteiger partial charge in [0.15, 0.2) is 28.9 Å². The van der Waals surface area contributed by atoms with Crippen LogP contribution in [0.4, 0.5) is 16.2 Å². The number of benzene rings is 1. The second-order valence-electron chi connectivity index (χ2n) is 7.77. The predicted molar refractivity (Wildman–Crippen MR) is 118 cm³/mol. The van der Waals surface area contributed by atoms with Gasteiger partial charge in [0.05, 0.1) is 33.8 Å². The first kappa shape index (κ1) is 23.0. The fourth-order valence-corrected chi connectivity index (χ4v) is 4.05. The van der Waals surface area contributed by atoms with Crippen LogP contribution in [-0.4, -0.2) is 70.4 Å². The lowest BCUT2D eigenvalue weighted by Crippen LogP contribution is -2.42. The van der Waals surface area contributed by atoms with Gasteiger partial charge in [0.25, 0.3) is 0 Å². The molecule has 11 nitrogen and oxygen atoms in total. The van der Waals surface area contributed by atoms with Crippen LogP contribution in [-0.2, 0) is 16.1 Å². The van der Waals surface area contributed by atoms with E-state index in [0.29, 0.717) is 34.0 Å². The Labute approximate surface area is 189 Å². The molecule has 12 heteroatoms. The third-order valence-corrected chi connectivity index (χ3v) is 5.70. The molecular weight excluding hydrogens is 435 g/mol. The van der Waals surface area contributed by atoms with E-state index >= 15 is 4.39 Å². The number of aliphatic hydroxyl groups excluding tert-OH is 1. The van der Waals surface area contributed by atoms with E-state index < -0.39 is 30.7 Å². The molecule has 0 unspecified atom stereocenters. The molecule has 0 aliphatic carbocycles. The van der Waals surface area contributed by atoms with Gasteiger partial charge in [-0.3, -0.25) is 4.57 Å². The summed E-state index contributed by atoms with van der Waals surface area (Å²) in [6.07, 6.45) is -1.76. The van der Waals surface area contributed by atoms with E-state index in [4.69, 9.17) is 24.7 Å². The van der Waals surface area contributed by atoms with Gasteiger partial charge in [-0.05, 0) is 19.1 Å². The molecule has 1 saturated heterocycles. The van der Waals surface area contributed by atoms with Crippen LogP contribution in [0, 0.1) is 0 Å². The Morgan fingerprint density at radius 3 is 2.76 bits per heavy atom. The van der Waals surface area contributed by atoms with Crippen LogP contribution in [0.1, 0.15) is 18.7 Å². The van der Waals surface area contributed by atoms with E-state index in [0.717, 1.165) is 0 Å². The van der Waals surface area contributed by atoms with Gasteiger partial charge in [0, 0.05) is 18.7 Å². The minimum absolute atomic E-state index is 0.00488. The molecule has 0 saturated carbocycles. The van der Waals surface area contributed by atoms with Crippen LogP contribution in [0.5, 0.6) is 11.5 Å². The van der Waals surface area contributed by atoms with Crippen LogP contribution < -0.4 is 20.5 Å². The Morgan fingerprint density at radius 1 is 1.30 bits per heavy atom. The summed E-state index contributed by atoms with van der Waals surface area (Å²) in [7, 11) is 4.75. The van der Waals surface area contributed by atoms with E-state index in [2.05, 4.69) is 20.3 Å². The minimum atomic E-state index is -2.04. The van der Waals surface area contributed by atoms with E-state index in [1.807, 2.05) is 0 Å². The number of hydrogen-bond acceptors (Lipinski definition) is 10. The van der Waals surface area contributed by atoms with E-state index in [1.54, 1.807) is 32.4 Å². The Morgan fingerprint density at radius 2 is 2.09 bits per heavy atom. The summed E-state index contributed by atoms with van der Waals surface area (Å²) < 4.78 is 40.1. The van der Waals surface area contributed by atoms with Crippen LogP contribution in [0.15, 0.2) is 24.5 Å². The molecule has 4 N–H and O–H groups in total. The highest BCUT2D eigenvalue weighted by atomic mass is 19.1. The van der Waals surface area contributed by atoms with Gasteiger partial charge < -0.3 is 35.1 Å². The van der Waals surface area contributed by atoms with Gasteiger partial charge in [-0.25, -0.2) is 9.37 Å². The van der Waals surface area contributed by atoms with Gasteiger partial charge in [-0.15, -0.1) is 0 Å². The maximum Gasteiger partial charge on any atom is 0.224 e. The minimum Gasteiger partial charge on any atom is -0.497 e. The molecule has 0 bridgehead atoms. The lowest BCUT2D eigenvalue weighted by atomic mass is 9.98. The van der Waals surface area contributed by atoms with Crippen molar-refractivity contribution in [2.45, 2.75) is 37.6 Å². The molecule has 4 atom stereocenters. The number of hydrogen-bond donors (Lipinski definition) is 3. The number of ether oxygens (including phenoxy) is 4. The monoisotopic (exact) mass is 462 g/mol. The topological polar surface area (TPSA) is 139 Å². The van der Waals surface area contributed by atoms with Gasteiger partial charge in [-0.2, -0.15) is 9.97 Å². The first-order valence-electron chi connectivity index (χ1n) is 10.3. The molecule has 1 fully saturated rings. The Kier molecular flexibility index (Phi) is 6.23. The van der Waals surface area contributed by atoms with Crippen molar-refractivity contribution in [1.29, 1.82) is 0 Å². The third-order valence-electron chi connectivity index (χ3n) is 5.70. The summed E-state index contributed by atoms with van der Waals surface area (Å²) in [6, 6.07) is 5.25. The number of alkyl halides is 1. The Hall–Kier alpha value is -3.22. The number of methoxy groups -OCH3 is 2. The molecule has 1 aliphatic rings. The van der Waals surface area contributed by atoms with Crippen molar-refractivity contribution in [2.24, 2.45) is 0 Å². The summed E-state index contributed by atoms with van der Waals surface area (Å²) in [6.45, 7) is 0.957. The first-order valence-corrected chi connectivity index (χ1v) is 10.3. The molecule has 3 heterocycles. The van der Waals surface area contributed by atoms with Gasteiger partial charge in [0.2, 0.25) is 5.95 Å². The van der Waals surface area contributed by atoms with Crippen molar-refractivity contribution in [2.75, 3.05) is 38.9 Å². The number of rotatable bonds is 8. The zero-order valence-electron chi connectivity index (χ0n) is 18.8. The van der Waals surface area contributed by atoms with Crippen LogP contribution >= 0.6 is 0 Å². The van der Waals surface area contributed by atoms with Crippen molar-refractivity contribution < 1.29 is 28.4 Å². The zero-order valence-corrected chi connectivity index (χ0v) is 18.8. The molecule has 4 rings (SSSR count). The number of nitrogens with zero attached hydrogens (tertiary/aromatic N) is 4. The summed E-state index contributed by atoms with van der Waals surface area (Å²) in [5.41, 5.74) is 5.18. The molecule has 0 spiro atoms. The first-order chi connectivity index (χ1) is 15.8. The summed E-state index contributed by atoms with van der Waals surface area (Å²) >= 11 is 0. The highest BCUT2D eigenvalue weighted by molar-refractivity contribution is 5.84. The second-order valence-corrected chi connectivity index (χ2v) is 7.77.